The first-order valence-electron chi connectivity index (χ1n) is 6.05. The second kappa shape index (κ2) is 6.31. The molecule has 20 heavy (non-hydrogen) atoms. The van der Waals surface area contributed by atoms with E-state index in [-0.39, 0.29) is 0 Å². The molecule has 0 aromatic heterocycles. The topological polar surface area (TPSA) is 69.1 Å². The van der Waals surface area contributed by atoms with E-state index in [4.69, 9.17) is 23.1 Å². The third-order valence-electron chi connectivity index (χ3n) is 2.99. The van der Waals surface area contributed by atoms with Gasteiger partial charge in [-0.25, -0.2) is 0 Å². The molecule has 4 N–H and O–H groups in total. The monoisotopic (exact) mass is 306 g/mol. The van der Waals surface area contributed by atoms with E-state index in [0.717, 1.165) is 4.90 Å². The maximum absolute atomic E-state index is 11.8. The van der Waals surface area contributed by atoms with Crippen LogP contribution < -0.4 is 11.5 Å². The van der Waals surface area contributed by atoms with Crippen LogP contribution in [0.15, 0.2) is 59.5 Å². The van der Waals surface area contributed by atoms with Crippen LogP contribution in [0.2, 0.25) is 5.02 Å². The summed E-state index contributed by atoms with van der Waals surface area (Å²) < 4.78 is 0. The van der Waals surface area contributed by atoms with Gasteiger partial charge in [0.1, 0.15) is 5.54 Å². The molecule has 2 rings (SSSR count). The second-order valence-electron chi connectivity index (χ2n) is 4.45. The normalized spacial score (nSPS) is 13.7. The van der Waals surface area contributed by atoms with E-state index < -0.39 is 11.4 Å². The molecule has 1 atom stereocenters. The summed E-state index contributed by atoms with van der Waals surface area (Å²) in [6.07, 6.45) is 0. The fraction of sp³-hybridized carbons (Fsp3) is 0.133. The summed E-state index contributed by atoms with van der Waals surface area (Å²) in [5.74, 6) is -0.189. The Hall–Kier alpha value is -1.49. The number of hydrogen-bond donors (Lipinski definition) is 2. The van der Waals surface area contributed by atoms with Crippen LogP contribution in [0.5, 0.6) is 0 Å². The number of amides is 1. The fourth-order valence-electron chi connectivity index (χ4n) is 1.79. The predicted octanol–water partition coefficient (Wildman–Crippen LogP) is 2.77. The van der Waals surface area contributed by atoms with Gasteiger partial charge in [-0.2, -0.15) is 0 Å². The lowest BCUT2D eigenvalue weighted by Crippen LogP contribution is -2.51. The van der Waals surface area contributed by atoms with Gasteiger partial charge in [0.05, 0.1) is 0 Å². The van der Waals surface area contributed by atoms with Gasteiger partial charge in [0, 0.05) is 15.7 Å². The Kier molecular flexibility index (Phi) is 4.70. The van der Waals surface area contributed by atoms with Crippen LogP contribution in [-0.2, 0) is 10.3 Å². The molecule has 1 amide bonds. The van der Waals surface area contributed by atoms with Gasteiger partial charge >= 0.3 is 0 Å². The SMILES string of the molecule is NC(=O)C(N)(CSc1cccc(Cl)c1)c1ccccc1. The maximum Gasteiger partial charge on any atom is 0.243 e. The van der Waals surface area contributed by atoms with E-state index >= 15 is 0 Å². The van der Waals surface area contributed by atoms with Crippen LogP contribution in [0.25, 0.3) is 0 Å². The highest BCUT2D eigenvalue weighted by atomic mass is 35.5. The fourth-order valence-corrected chi connectivity index (χ4v) is 3.13. The zero-order chi connectivity index (χ0) is 14.6. The summed E-state index contributed by atoms with van der Waals surface area (Å²) in [6.45, 7) is 0. The Morgan fingerprint density at radius 2 is 1.85 bits per heavy atom. The van der Waals surface area contributed by atoms with Gasteiger partial charge in [0.15, 0.2) is 0 Å². The third-order valence-corrected chi connectivity index (χ3v) is 4.41. The molecule has 0 aliphatic heterocycles. The number of carbonyl (C=O) groups excluding carboxylic acids is 1. The van der Waals surface area contributed by atoms with Crippen LogP contribution >= 0.6 is 23.4 Å². The molecule has 0 radical (unpaired) electrons. The van der Waals surface area contributed by atoms with Crippen molar-refractivity contribution >= 4 is 29.3 Å². The summed E-state index contributed by atoms with van der Waals surface area (Å²) in [4.78, 5) is 12.7. The van der Waals surface area contributed by atoms with E-state index in [0.29, 0.717) is 16.3 Å². The van der Waals surface area contributed by atoms with Gasteiger partial charge in [0.25, 0.3) is 0 Å². The second-order valence-corrected chi connectivity index (χ2v) is 5.93. The first kappa shape index (κ1) is 14.9. The first-order chi connectivity index (χ1) is 9.52. The van der Waals surface area contributed by atoms with Crippen molar-refractivity contribution in [2.24, 2.45) is 11.5 Å². The van der Waals surface area contributed by atoms with Crippen molar-refractivity contribution in [3.63, 3.8) is 0 Å². The molecule has 0 fully saturated rings. The van der Waals surface area contributed by atoms with Gasteiger partial charge in [-0.3, -0.25) is 4.79 Å². The van der Waals surface area contributed by atoms with Crippen LogP contribution in [0.1, 0.15) is 5.56 Å². The van der Waals surface area contributed by atoms with Gasteiger partial charge in [-0.1, -0.05) is 48.0 Å². The lowest BCUT2D eigenvalue weighted by atomic mass is 9.92. The molecule has 1 unspecified atom stereocenters. The van der Waals surface area contributed by atoms with Crippen molar-refractivity contribution in [1.82, 2.24) is 0 Å². The zero-order valence-electron chi connectivity index (χ0n) is 10.8. The van der Waals surface area contributed by atoms with Crippen molar-refractivity contribution in [2.45, 2.75) is 10.4 Å². The van der Waals surface area contributed by atoms with Crippen molar-refractivity contribution in [1.29, 1.82) is 0 Å². The number of thioether (sulfide) groups is 1. The van der Waals surface area contributed by atoms with Gasteiger partial charge < -0.3 is 11.5 Å². The van der Waals surface area contributed by atoms with E-state index in [1.807, 2.05) is 48.5 Å². The predicted molar refractivity (Wildman–Crippen MR) is 83.7 cm³/mol. The minimum Gasteiger partial charge on any atom is -0.368 e. The molecular formula is C15H15ClN2OS. The third kappa shape index (κ3) is 3.33. The van der Waals surface area contributed by atoms with Crippen molar-refractivity contribution < 1.29 is 4.79 Å². The van der Waals surface area contributed by atoms with Crippen molar-refractivity contribution in [3.8, 4) is 0 Å². The number of hydrogen-bond acceptors (Lipinski definition) is 3. The quantitative estimate of drug-likeness (QED) is 0.835. The van der Waals surface area contributed by atoms with E-state index in [9.17, 15) is 4.79 Å². The largest absolute Gasteiger partial charge is 0.368 e. The average Bonchev–Trinajstić information content (AvgIpc) is 2.45. The number of halogens is 1. The molecule has 0 aliphatic carbocycles. The summed E-state index contributed by atoms with van der Waals surface area (Å²) in [6, 6.07) is 16.6. The molecule has 5 heteroatoms. The number of benzene rings is 2. The van der Waals surface area contributed by atoms with Crippen LogP contribution in [0.3, 0.4) is 0 Å². The number of rotatable bonds is 5. The molecule has 0 spiro atoms. The Labute approximate surface area is 127 Å². The van der Waals surface area contributed by atoms with Gasteiger partial charge in [-0.05, 0) is 23.8 Å². The lowest BCUT2D eigenvalue weighted by molar-refractivity contribution is -0.122. The Balaban J connectivity index is 2.20. The molecule has 0 bridgehead atoms. The zero-order valence-corrected chi connectivity index (χ0v) is 12.3. The molecule has 2 aromatic carbocycles. The molecule has 104 valence electrons. The summed E-state index contributed by atoms with van der Waals surface area (Å²) >= 11 is 7.39. The highest BCUT2D eigenvalue weighted by Gasteiger charge is 2.34. The average molecular weight is 307 g/mol. The minimum atomic E-state index is -1.20. The standard InChI is InChI=1S/C15H15ClN2OS/c16-12-7-4-8-13(9-12)20-10-15(18,14(17)19)11-5-2-1-3-6-11/h1-9H,10,18H2,(H2,17,19). The van der Waals surface area contributed by atoms with E-state index in [1.165, 1.54) is 11.8 Å². The van der Waals surface area contributed by atoms with Crippen LogP contribution in [0.4, 0.5) is 0 Å². The maximum atomic E-state index is 11.8. The lowest BCUT2D eigenvalue weighted by Gasteiger charge is -2.26. The van der Waals surface area contributed by atoms with E-state index in [1.54, 1.807) is 6.07 Å². The molecule has 0 saturated carbocycles. The highest BCUT2D eigenvalue weighted by molar-refractivity contribution is 7.99. The summed E-state index contributed by atoms with van der Waals surface area (Å²) in [5, 5.41) is 0.649. The van der Waals surface area contributed by atoms with Crippen molar-refractivity contribution in [3.05, 3.63) is 65.2 Å². The number of carbonyl (C=O) groups is 1. The smallest absolute Gasteiger partial charge is 0.243 e. The van der Waals surface area contributed by atoms with Crippen molar-refractivity contribution in [2.75, 3.05) is 5.75 Å². The first-order valence-corrected chi connectivity index (χ1v) is 7.41. The van der Waals surface area contributed by atoms with Crippen LogP contribution in [0, 0.1) is 0 Å². The molecular weight excluding hydrogens is 292 g/mol. The Morgan fingerprint density at radius 1 is 1.15 bits per heavy atom. The van der Waals surface area contributed by atoms with Crippen LogP contribution in [-0.4, -0.2) is 11.7 Å². The number of nitrogens with two attached hydrogens (primary N) is 2. The van der Waals surface area contributed by atoms with Gasteiger partial charge in [-0.15, -0.1) is 11.8 Å². The molecule has 0 saturated heterocycles. The summed E-state index contributed by atoms with van der Waals surface area (Å²) in [5.41, 5.74) is 11.2. The Bertz CT molecular complexity index is 606. The molecule has 0 aliphatic rings. The molecule has 3 nitrogen and oxygen atoms in total. The van der Waals surface area contributed by atoms with E-state index in [2.05, 4.69) is 0 Å². The summed E-state index contributed by atoms with van der Waals surface area (Å²) in [7, 11) is 0. The Morgan fingerprint density at radius 3 is 2.45 bits per heavy atom. The number of primary amides is 1. The molecule has 2 aromatic rings. The minimum absolute atomic E-state index is 0.354. The highest BCUT2D eigenvalue weighted by Crippen LogP contribution is 2.29. The van der Waals surface area contributed by atoms with Gasteiger partial charge in [0.2, 0.25) is 5.91 Å². The molecule has 0 heterocycles.